The number of thiazole rings is 1. The summed E-state index contributed by atoms with van der Waals surface area (Å²) >= 11 is 1.55. The van der Waals surface area contributed by atoms with Crippen LogP contribution >= 0.6 is 11.3 Å². The summed E-state index contributed by atoms with van der Waals surface area (Å²) in [6.45, 7) is 8.60. The van der Waals surface area contributed by atoms with E-state index in [4.69, 9.17) is 4.52 Å². The molecule has 0 spiro atoms. The van der Waals surface area contributed by atoms with Gasteiger partial charge in [-0.05, 0) is 51.5 Å². The molecule has 32 heavy (non-hydrogen) atoms. The van der Waals surface area contributed by atoms with Gasteiger partial charge in [0.1, 0.15) is 17.0 Å². The molecule has 166 valence electrons. The molecule has 1 aliphatic carbocycles. The van der Waals surface area contributed by atoms with Gasteiger partial charge in [-0.25, -0.2) is 4.98 Å². The molecule has 5 rings (SSSR count). The molecule has 2 aliphatic rings. The summed E-state index contributed by atoms with van der Waals surface area (Å²) in [6, 6.07) is 8.15. The lowest BCUT2D eigenvalue weighted by atomic mass is 10.1. The third-order valence-corrected chi connectivity index (χ3v) is 7.53. The molecular formula is C24H26N4O3S. The van der Waals surface area contributed by atoms with Crippen molar-refractivity contribution in [3.05, 3.63) is 57.5 Å². The van der Waals surface area contributed by atoms with E-state index in [2.05, 4.69) is 21.5 Å². The van der Waals surface area contributed by atoms with Crippen LogP contribution < -0.4 is 5.32 Å². The molecule has 1 aliphatic heterocycles. The Kier molecular flexibility index (Phi) is 5.12. The van der Waals surface area contributed by atoms with E-state index in [1.54, 1.807) is 25.2 Å². The molecule has 1 aromatic carbocycles. The van der Waals surface area contributed by atoms with Crippen molar-refractivity contribution in [2.24, 2.45) is 11.8 Å². The zero-order valence-corrected chi connectivity index (χ0v) is 19.5. The van der Waals surface area contributed by atoms with Crippen LogP contribution in [-0.4, -0.2) is 46.0 Å². The Morgan fingerprint density at radius 1 is 1.25 bits per heavy atom. The lowest BCUT2D eigenvalue weighted by Crippen LogP contribution is -2.45. The minimum absolute atomic E-state index is 0.0238. The first-order chi connectivity index (χ1) is 15.3. The van der Waals surface area contributed by atoms with Crippen molar-refractivity contribution in [3.8, 4) is 10.4 Å². The topological polar surface area (TPSA) is 88.3 Å². The van der Waals surface area contributed by atoms with Crippen LogP contribution in [0.5, 0.6) is 0 Å². The summed E-state index contributed by atoms with van der Waals surface area (Å²) in [7, 11) is 0. The maximum Gasteiger partial charge on any atom is 0.274 e. The highest BCUT2D eigenvalue weighted by molar-refractivity contribution is 7.15. The number of carbonyl (C=O) groups is 2. The number of aromatic nitrogens is 2. The maximum atomic E-state index is 13.6. The zero-order chi connectivity index (χ0) is 22.6. The number of amides is 2. The Hall–Kier alpha value is -3.00. The average Bonchev–Trinajstić information content (AvgIpc) is 3.08. The summed E-state index contributed by atoms with van der Waals surface area (Å²) in [5, 5.41) is 7.75. The van der Waals surface area contributed by atoms with Gasteiger partial charge in [-0.1, -0.05) is 35.0 Å². The standard InChI is InChI=1S/C24H26N4O3S/c1-12-6-5-7-16(8-12)22-21(26-15(4)32-22)24(30)28-11-17-9-18(17)19(28)10-25-23(29)20-13(2)27-31-14(20)3/h5-8,17-19H,9-11H2,1-4H3,(H,25,29)/t17-,18-,19-/m1/s1. The lowest BCUT2D eigenvalue weighted by Gasteiger charge is -2.27. The second-order valence-corrected chi connectivity index (χ2v) is 10.1. The first-order valence-electron chi connectivity index (χ1n) is 10.9. The van der Waals surface area contributed by atoms with Crippen molar-refractivity contribution >= 4 is 23.2 Å². The largest absolute Gasteiger partial charge is 0.361 e. The van der Waals surface area contributed by atoms with Gasteiger partial charge in [0.15, 0.2) is 0 Å². The predicted molar refractivity (Wildman–Crippen MR) is 122 cm³/mol. The molecule has 2 aromatic heterocycles. The van der Waals surface area contributed by atoms with E-state index in [9.17, 15) is 9.59 Å². The van der Waals surface area contributed by atoms with Crippen LogP contribution in [0.3, 0.4) is 0 Å². The zero-order valence-electron chi connectivity index (χ0n) is 18.6. The van der Waals surface area contributed by atoms with Crippen LogP contribution in [0.25, 0.3) is 10.4 Å². The van der Waals surface area contributed by atoms with Gasteiger partial charge < -0.3 is 14.7 Å². The van der Waals surface area contributed by atoms with Crippen molar-refractivity contribution in [1.82, 2.24) is 20.4 Å². The van der Waals surface area contributed by atoms with Crippen molar-refractivity contribution in [1.29, 1.82) is 0 Å². The Balaban J connectivity index is 1.37. The predicted octanol–water partition coefficient (Wildman–Crippen LogP) is 3.92. The quantitative estimate of drug-likeness (QED) is 0.636. The third kappa shape index (κ3) is 3.62. The molecule has 0 radical (unpaired) electrons. The summed E-state index contributed by atoms with van der Waals surface area (Å²) in [5.74, 6) is 1.20. The molecular weight excluding hydrogens is 424 g/mol. The number of piperidine rings is 1. The minimum atomic E-state index is -0.206. The normalized spacial score (nSPS) is 21.5. The summed E-state index contributed by atoms with van der Waals surface area (Å²) in [5.41, 5.74) is 3.73. The van der Waals surface area contributed by atoms with Crippen LogP contribution in [0, 0.1) is 39.5 Å². The van der Waals surface area contributed by atoms with Crippen molar-refractivity contribution in [2.75, 3.05) is 13.1 Å². The van der Waals surface area contributed by atoms with Gasteiger partial charge in [-0.3, -0.25) is 9.59 Å². The highest BCUT2D eigenvalue weighted by Gasteiger charge is 2.54. The number of likely N-dealkylation sites (tertiary alicyclic amines) is 1. The number of aryl methyl sites for hydroxylation is 4. The van der Waals surface area contributed by atoms with Crippen molar-refractivity contribution < 1.29 is 14.1 Å². The molecule has 2 fully saturated rings. The van der Waals surface area contributed by atoms with Crippen LogP contribution in [0.1, 0.15) is 49.3 Å². The molecule has 3 heterocycles. The van der Waals surface area contributed by atoms with Gasteiger partial charge in [0.25, 0.3) is 11.8 Å². The molecule has 3 atom stereocenters. The fraction of sp³-hybridized carbons (Fsp3) is 0.417. The monoisotopic (exact) mass is 450 g/mol. The number of carbonyl (C=O) groups excluding carboxylic acids is 2. The van der Waals surface area contributed by atoms with Gasteiger partial charge in [0.2, 0.25) is 0 Å². The highest BCUT2D eigenvalue weighted by atomic mass is 32.1. The van der Waals surface area contributed by atoms with E-state index in [1.165, 1.54) is 0 Å². The summed E-state index contributed by atoms with van der Waals surface area (Å²) in [4.78, 5) is 33.8. The number of hydrogen-bond acceptors (Lipinski definition) is 6. The number of nitrogens with one attached hydrogen (secondary N) is 1. The van der Waals surface area contributed by atoms with Crippen molar-refractivity contribution in [2.45, 2.75) is 40.2 Å². The molecule has 2 amide bonds. The Morgan fingerprint density at radius 3 is 2.78 bits per heavy atom. The fourth-order valence-corrected chi connectivity index (χ4v) is 5.76. The lowest BCUT2D eigenvalue weighted by molar-refractivity contribution is 0.0690. The van der Waals surface area contributed by atoms with Gasteiger partial charge >= 0.3 is 0 Å². The maximum absolute atomic E-state index is 13.6. The molecule has 3 aromatic rings. The molecule has 0 unspecified atom stereocenters. The molecule has 0 bridgehead atoms. The van der Waals surface area contributed by atoms with Crippen LogP contribution in [-0.2, 0) is 0 Å². The average molecular weight is 451 g/mol. The van der Waals surface area contributed by atoms with E-state index in [-0.39, 0.29) is 17.9 Å². The van der Waals surface area contributed by atoms with Crippen molar-refractivity contribution in [3.63, 3.8) is 0 Å². The van der Waals surface area contributed by atoms with E-state index in [0.29, 0.717) is 41.1 Å². The van der Waals surface area contributed by atoms with Crippen LogP contribution in [0.4, 0.5) is 0 Å². The third-order valence-electron chi connectivity index (χ3n) is 6.51. The molecule has 1 saturated carbocycles. The SMILES string of the molecule is Cc1cccc(-c2sc(C)nc2C(=O)N2C[C@H]3C[C@H]3[C@H]2CNC(=O)c2c(C)noc2C)c1. The number of fused-ring (bicyclic) bond motifs is 1. The number of rotatable bonds is 5. The second kappa shape index (κ2) is 7.85. The Bertz CT molecular complexity index is 1190. The molecule has 7 nitrogen and oxygen atoms in total. The minimum Gasteiger partial charge on any atom is -0.361 e. The Morgan fingerprint density at radius 2 is 2.06 bits per heavy atom. The number of hydrogen-bond donors (Lipinski definition) is 1. The second-order valence-electron chi connectivity index (χ2n) is 8.87. The van der Waals surface area contributed by atoms with Gasteiger partial charge in [-0.2, -0.15) is 0 Å². The van der Waals surface area contributed by atoms with E-state index in [1.807, 2.05) is 36.9 Å². The van der Waals surface area contributed by atoms with E-state index >= 15 is 0 Å². The van der Waals surface area contributed by atoms with E-state index in [0.717, 1.165) is 34.0 Å². The van der Waals surface area contributed by atoms with Gasteiger partial charge in [-0.15, -0.1) is 11.3 Å². The van der Waals surface area contributed by atoms with Gasteiger partial charge in [0.05, 0.1) is 21.6 Å². The first-order valence-corrected chi connectivity index (χ1v) is 11.7. The Labute approximate surface area is 190 Å². The molecule has 1 N–H and O–H groups in total. The first kappa shape index (κ1) is 20.9. The summed E-state index contributed by atoms with van der Waals surface area (Å²) in [6.07, 6.45) is 1.11. The smallest absolute Gasteiger partial charge is 0.274 e. The number of benzene rings is 1. The summed E-state index contributed by atoms with van der Waals surface area (Å²) < 4.78 is 5.12. The van der Waals surface area contributed by atoms with E-state index < -0.39 is 0 Å². The van der Waals surface area contributed by atoms with Crippen LogP contribution in [0.2, 0.25) is 0 Å². The molecule has 1 saturated heterocycles. The number of nitrogens with zero attached hydrogens (tertiary/aromatic N) is 3. The molecule has 8 heteroatoms. The fourth-order valence-electron chi connectivity index (χ4n) is 4.85. The van der Waals surface area contributed by atoms with Gasteiger partial charge in [0, 0.05) is 13.1 Å². The highest BCUT2D eigenvalue weighted by Crippen LogP contribution is 2.50. The van der Waals surface area contributed by atoms with Crippen LogP contribution in [0.15, 0.2) is 28.8 Å².